The molecule has 0 fully saturated rings. The van der Waals surface area contributed by atoms with E-state index >= 15 is 0 Å². The van der Waals surface area contributed by atoms with E-state index in [-0.39, 0.29) is 11.2 Å². The molecular formula is C15H14N4O3. The molecule has 3 aromatic rings. The molecule has 0 unspecified atom stereocenters. The summed E-state index contributed by atoms with van der Waals surface area (Å²) in [6, 6.07) is 7.93. The van der Waals surface area contributed by atoms with Gasteiger partial charge in [0.15, 0.2) is 0 Å². The maximum atomic E-state index is 12.4. The van der Waals surface area contributed by atoms with Crippen LogP contribution in [-0.4, -0.2) is 14.8 Å². The molecule has 0 saturated heterocycles. The van der Waals surface area contributed by atoms with Gasteiger partial charge in [-0.1, -0.05) is 6.07 Å². The summed E-state index contributed by atoms with van der Waals surface area (Å²) >= 11 is 0. The van der Waals surface area contributed by atoms with Gasteiger partial charge in [-0.05, 0) is 48.3 Å². The Morgan fingerprint density at radius 3 is 2.45 bits per heavy atom. The zero-order chi connectivity index (χ0) is 16.0. The average Bonchev–Trinajstić information content (AvgIpc) is 2.79. The van der Waals surface area contributed by atoms with Crippen LogP contribution in [0.5, 0.6) is 0 Å². The molecule has 1 aromatic heterocycles. The second-order valence-electron chi connectivity index (χ2n) is 5.32. The number of hydrogen-bond acceptors (Lipinski definition) is 4. The van der Waals surface area contributed by atoms with Crippen molar-refractivity contribution in [2.45, 2.75) is 20.8 Å². The monoisotopic (exact) mass is 298 g/mol. The van der Waals surface area contributed by atoms with Gasteiger partial charge in [0.05, 0.1) is 16.1 Å². The highest BCUT2D eigenvalue weighted by molar-refractivity contribution is 5.73. The largest absolute Gasteiger partial charge is 0.692 e. The average molecular weight is 298 g/mol. The Morgan fingerprint density at radius 1 is 1.09 bits per heavy atom. The normalized spacial score (nSPS) is 11.0. The van der Waals surface area contributed by atoms with Crippen LogP contribution < -0.4 is 4.85 Å². The van der Waals surface area contributed by atoms with Gasteiger partial charge in [0.1, 0.15) is 5.69 Å². The smallest absolute Gasteiger partial charge is 0.274 e. The number of benzene rings is 2. The van der Waals surface area contributed by atoms with E-state index in [0.717, 1.165) is 16.7 Å². The van der Waals surface area contributed by atoms with Crippen LogP contribution in [0.2, 0.25) is 0 Å². The fourth-order valence-corrected chi connectivity index (χ4v) is 2.42. The lowest BCUT2D eigenvalue weighted by Crippen LogP contribution is -2.37. The van der Waals surface area contributed by atoms with Crippen LogP contribution in [0.4, 0.5) is 5.69 Å². The lowest BCUT2D eigenvalue weighted by molar-refractivity contribution is -0.664. The van der Waals surface area contributed by atoms with Gasteiger partial charge in [0, 0.05) is 12.1 Å². The number of nitro groups is 1. The van der Waals surface area contributed by atoms with Crippen molar-refractivity contribution in [3.8, 4) is 5.69 Å². The summed E-state index contributed by atoms with van der Waals surface area (Å²) in [7, 11) is 0. The first-order chi connectivity index (χ1) is 10.4. The zero-order valence-electron chi connectivity index (χ0n) is 12.4. The Hall–Kier alpha value is -2.96. The Kier molecular flexibility index (Phi) is 3.05. The van der Waals surface area contributed by atoms with Crippen LogP contribution in [0.15, 0.2) is 30.3 Å². The topological polar surface area (TPSA) is 87.9 Å². The van der Waals surface area contributed by atoms with E-state index in [9.17, 15) is 15.3 Å². The van der Waals surface area contributed by atoms with E-state index in [1.807, 2.05) is 32.9 Å². The molecule has 0 bridgehead atoms. The number of rotatable bonds is 2. The fourth-order valence-electron chi connectivity index (χ4n) is 2.42. The number of non-ortho nitro benzene ring substituents is 1. The van der Waals surface area contributed by atoms with E-state index in [2.05, 4.69) is 5.10 Å². The van der Waals surface area contributed by atoms with Crippen LogP contribution >= 0.6 is 0 Å². The standard InChI is InChI=1S/C15H14N4O3/c1-9-6-11(3)14(7-10(9)2)17-16-13-5-4-12(19(21)22)8-15(13)18(17)20/h4-8H,1-3H3. The van der Waals surface area contributed by atoms with Crippen molar-refractivity contribution >= 4 is 16.7 Å². The van der Waals surface area contributed by atoms with Gasteiger partial charge in [-0.15, -0.1) is 4.85 Å². The van der Waals surface area contributed by atoms with Crippen LogP contribution in [-0.2, 0) is 0 Å². The highest BCUT2D eigenvalue weighted by Crippen LogP contribution is 2.21. The summed E-state index contributed by atoms with van der Waals surface area (Å²) in [5.74, 6) is 0. The predicted octanol–water partition coefficient (Wildman–Crippen LogP) is 2.49. The third kappa shape index (κ3) is 2.07. The number of nitro benzene ring substituents is 1. The third-order valence-electron chi connectivity index (χ3n) is 3.78. The molecule has 0 N–H and O–H groups in total. The maximum absolute atomic E-state index is 12.4. The molecule has 0 aliphatic heterocycles. The van der Waals surface area contributed by atoms with Crippen molar-refractivity contribution in [1.82, 2.24) is 9.90 Å². The first-order valence-corrected chi connectivity index (χ1v) is 6.73. The summed E-state index contributed by atoms with van der Waals surface area (Å²) in [4.78, 5) is 12.1. The highest BCUT2D eigenvalue weighted by Gasteiger charge is 2.20. The number of hydrogen-bond donors (Lipinski definition) is 0. The first kappa shape index (κ1) is 14.0. The fraction of sp³-hybridized carbons (Fsp3) is 0.200. The van der Waals surface area contributed by atoms with Gasteiger partial charge < -0.3 is 5.21 Å². The molecule has 7 nitrogen and oxygen atoms in total. The van der Waals surface area contributed by atoms with Crippen LogP contribution in [0.3, 0.4) is 0 Å². The maximum Gasteiger partial charge on any atom is 0.274 e. The molecular weight excluding hydrogens is 284 g/mol. The summed E-state index contributed by atoms with van der Waals surface area (Å²) in [6.07, 6.45) is 0. The highest BCUT2D eigenvalue weighted by atomic mass is 16.6. The van der Waals surface area contributed by atoms with Crippen LogP contribution in [0, 0.1) is 36.1 Å². The number of fused-ring (bicyclic) bond motifs is 1. The lowest BCUT2D eigenvalue weighted by Gasteiger charge is -2.09. The molecule has 0 aliphatic carbocycles. The van der Waals surface area contributed by atoms with Crippen molar-refractivity contribution in [3.05, 3.63) is 62.3 Å². The first-order valence-electron chi connectivity index (χ1n) is 6.73. The van der Waals surface area contributed by atoms with E-state index in [0.29, 0.717) is 16.0 Å². The van der Waals surface area contributed by atoms with Gasteiger partial charge in [-0.2, -0.15) is 0 Å². The Bertz CT molecular complexity index is 915. The molecule has 2 aromatic carbocycles. The molecule has 7 heteroatoms. The van der Waals surface area contributed by atoms with Crippen molar-refractivity contribution in [1.29, 1.82) is 0 Å². The minimum Gasteiger partial charge on any atom is -0.692 e. The molecule has 0 atom stereocenters. The van der Waals surface area contributed by atoms with Crippen LogP contribution in [0.1, 0.15) is 16.7 Å². The van der Waals surface area contributed by atoms with Crippen molar-refractivity contribution < 1.29 is 9.77 Å². The minimum atomic E-state index is -0.530. The second-order valence-corrected chi connectivity index (χ2v) is 5.32. The van der Waals surface area contributed by atoms with Gasteiger partial charge in [-0.25, -0.2) is 0 Å². The molecule has 0 aliphatic rings. The Balaban J connectivity index is 2.26. The number of aromatic nitrogens is 3. The quantitative estimate of drug-likeness (QED) is 0.315. The van der Waals surface area contributed by atoms with Crippen molar-refractivity contribution in [3.63, 3.8) is 0 Å². The lowest BCUT2D eigenvalue weighted by atomic mass is 10.1. The molecule has 1 heterocycles. The molecule has 0 spiro atoms. The van der Waals surface area contributed by atoms with Crippen molar-refractivity contribution in [2.75, 3.05) is 0 Å². The van der Waals surface area contributed by atoms with Gasteiger partial charge >= 0.3 is 0 Å². The summed E-state index contributed by atoms with van der Waals surface area (Å²) in [6.45, 7) is 5.86. The second kappa shape index (κ2) is 4.80. The number of aryl methyl sites for hydroxylation is 3. The molecule has 3 rings (SSSR count). The summed E-state index contributed by atoms with van der Waals surface area (Å²) in [5, 5.41) is 27.5. The molecule has 0 saturated carbocycles. The Morgan fingerprint density at radius 2 is 1.77 bits per heavy atom. The minimum absolute atomic E-state index is 0.131. The van der Waals surface area contributed by atoms with Gasteiger partial charge in [-0.3, -0.25) is 10.1 Å². The SMILES string of the molecule is Cc1cc(C)c(-n2nc3ccc([N+](=O)[O-])cc3[n+]2[O-])cc1C. The molecule has 0 radical (unpaired) electrons. The van der Waals surface area contributed by atoms with E-state index in [4.69, 9.17) is 0 Å². The van der Waals surface area contributed by atoms with Crippen molar-refractivity contribution in [2.24, 2.45) is 0 Å². The molecule has 112 valence electrons. The Labute approximate surface area is 126 Å². The van der Waals surface area contributed by atoms with E-state index in [1.165, 1.54) is 23.0 Å². The van der Waals surface area contributed by atoms with E-state index in [1.54, 1.807) is 0 Å². The molecule has 22 heavy (non-hydrogen) atoms. The van der Waals surface area contributed by atoms with E-state index < -0.39 is 4.92 Å². The van der Waals surface area contributed by atoms with Gasteiger partial charge in [0.2, 0.25) is 5.52 Å². The predicted molar refractivity (Wildman–Crippen MR) is 80.9 cm³/mol. The molecule has 0 amide bonds. The van der Waals surface area contributed by atoms with Crippen LogP contribution in [0.25, 0.3) is 16.7 Å². The number of nitrogens with zero attached hydrogens (tertiary/aromatic N) is 4. The zero-order valence-corrected chi connectivity index (χ0v) is 12.4. The third-order valence-corrected chi connectivity index (χ3v) is 3.78. The summed E-state index contributed by atoms with van der Waals surface area (Å²) < 4.78 is 0. The summed E-state index contributed by atoms with van der Waals surface area (Å²) in [5.41, 5.74) is 4.21. The van der Waals surface area contributed by atoms with Gasteiger partial charge in [0.25, 0.3) is 11.2 Å².